The summed E-state index contributed by atoms with van der Waals surface area (Å²) in [5, 5.41) is 3.67. The predicted octanol–water partition coefficient (Wildman–Crippen LogP) is 4.26. The van der Waals surface area contributed by atoms with E-state index < -0.39 is 0 Å². The number of anilines is 1. The van der Waals surface area contributed by atoms with Gasteiger partial charge in [0, 0.05) is 21.7 Å². The molecule has 3 aromatic rings. The van der Waals surface area contributed by atoms with Crippen LogP contribution in [0.4, 0.5) is 5.82 Å². The molecule has 0 aliphatic rings. The molecule has 0 bridgehead atoms. The summed E-state index contributed by atoms with van der Waals surface area (Å²) in [4.78, 5) is 21.2. The second kappa shape index (κ2) is 5.85. The number of amides is 1. The third-order valence-electron chi connectivity index (χ3n) is 3.31. The second-order valence-electron chi connectivity index (χ2n) is 5.15. The van der Waals surface area contributed by atoms with Gasteiger partial charge in [0.2, 0.25) is 0 Å². The summed E-state index contributed by atoms with van der Waals surface area (Å²) in [5.74, 6) is 0.333. The first kappa shape index (κ1) is 14.7. The first-order chi connectivity index (χ1) is 10.5. The average molecular weight is 356 g/mol. The van der Waals surface area contributed by atoms with Crippen molar-refractivity contribution in [2.75, 3.05) is 5.32 Å². The molecule has 3 rings (SSSR count). The number of halogens is 1. The maximum absolute atomic E-state index is 12.6. The maximum atomic E-state index is 12.6. The average Bonchev–Trinajstić information content (AvgIpc) is 2.49. The molecule has 0 spiro atoms. The van der Waals surface area contributed by atoms with Gasteiger partial charge < -0.3 is 5.32 Å². The third kappa shape index (κ3) is 2.99. The van der Waals surface area contributed by atoms with Crippen LogP contribution in [-0.4, -0.2) is 15.9 Å². The van der Waals surface area contributed by atoms with E-state index in [4.69, 9.17) is 0 Å². The first-order valence-electron chi connectivity index (χ1n) is 6.84. The molecular formula is C17H14BrN3O. The molecule has 4 nitrogen and oxygen atoms in total. The van der Waals surface area contributed by atoms with Crippen molar-refractivity contribution in [1.82, 2.24) is 9.97 Å². The van der Waals surface area contributed by atoms with Crippen LogP contribution in [0.3, 0.4) is 0 Å². The molecule has 2 aromatic heterocycles. The van der Waals surface area contributed by atoms with Crippen LogP contribution in [-0.2, 0) is 0 Å². The number of aromatic nitrogens is 2. The van der Waals surface area contributed by atoms with Crippen molar-refractivity contribution in [3.05, 3.63) is 63.9 Å². The van der Waals surface area contributed by atoms with Gasteiger partial charge in [-0.2, -0.15) is 0 Å². The fourth-order valence-electron chi connectivity index (χ4n) is 2.29. The molecule has 0 unspecified atom stereocenters. The molecule has 0 atom stereocenters. The second-order valence-corrected chi connectivity index (χ2v) is 6.06. The predicted molar refractivity (Wildman–Crippen MR) is 91.1 cm³/mol. The highest BCUT2D eigenvalue weighted by atomic mass is 79.9. The number of fused-ring (bicyclic) bond motifs is 1. The lowest BCUT2D eigenvalue weighted by molar-refractivity contribution is 0.102. The number of hydrogen-bond acceptors (Lipinski definition) is 3. The van der Waals surface area contributed by atoms with E-state index in [0.29, 0.717) is 11.4 Å². The van der Waals surface area contributed by atoms with Crippen LogP contribution < -0.4 is 5.32 Å². The van der Waals surface area contributed by atoms with Gasteiger partial charge in [-0.1, -0.05) is 11.6 Å². The minimum absolute atomic E-state index is 0.184. The molecule has 110 valence electrons. The number of nitrogens with zero attached hydrogens (tertiary/aromatic N) is 2. The van der Waals surface area contributed by atoms with Crippen molar-refractivity contribution < 1.29 is 4.79 Å². The topological polar surface area (TPSA) is 54.9 Å². The number of carbonyl (C=O) groups is 1. The fourth-order valence-corrected chi connectivity index (χ4v) is 2.53. The quantitative estimate of drug-likeness (QED) is 0.746. The summed E-state index contributed by atoms with van der Waals surface area (Å²) in [5.41, 5.74) is 3.33. The molecule has 1 N–H and O–H groups in total. The summed E-state index contributed by atoms with van der Waals surface area (Å²) in [6.07, 6.45) is 1.65. The highest BCUT2D eigenvalue weighted by Crippen LogP contribution is 2.21. The summed E-state index contributed by atoms with van der Waals surface area (Å²) < 4.78 is 0.867. The van der Waals surface area contributed by atoms with E-state index in [0.717, 1.165) is 26.6 Å². The monoisotopic (exact) mass is 355 g/mol. The lowest BCUT2D eigenvalue weighted by Gasteiger charge is -2.09. The van der Waals surface area contributed by atoms with Gasteiger partial charge in [0.05, 0.1) is 11.1 Å². The van der Waals surface area contributed by atoms with Crippen LogP contribution in [0.15, 0.2) is 47.1 Å². The van der Waals surface area contributed by atoms with Gasteiger partial charge >= 0.3 is 0 Å². The van der Waals surface area contributed by atoms with Crippen molar-refractivity contribution in [2.45, 2.75) is 13.8 Å². The van der Waals surface area contributed by atoms with E-state index in [1.807, 2.05) is 38.1 Å². The van der Waals surface area contributed by atoms with E-state index >= 15 is 0 Å². The molecule has 0 radical (unpaired) electrons. The third-order valence-corrected chi connectivity index (χ3v) is 3.77. The zero-order valence-electron chi connectivity index (χ0n) is 12.2. The van der Waals surface area contributed by atoms with Gasteiger partial charge in [0.1, 0.15) is 5.82 Å². The van der Waals surface area contributed by atoms with Crippen molar-refractivity contribution in [3.63, 3.8) is 0 Å². The summed E-state index contributed by atoms with van der Waals surface area (Å²) >= 11 is 3.32. The smallest absolute Gasteiger partial charge is 0.257 e. The number of aryl methyl sites for hydroxylation is 2. The molecular weight excluding hydrogens is 342 g/mol. The molecule has 2 heterocycles. The van der Waals surface area contributed by atoms with Crippen LogP contribution in [0, 0.1) is 13.8 Å². The Labute approximate surface area is 136 Å². The van der Waals surface area contributed by atoms with Crippen LogP contribution in [0.1, 0.15) is 21.6 Å². The Bertz CT molecular complexity index is 860. The molecule has 0 saturated carbocycles. The van der Waals surface area contributed by atoms with Crippen LogP contribution in [0.25, 0.3) is 10.9 Å². The summed E-state index contributed by atoms with van der Waals surface area (Å²) in [6, 6.07) is 11.3. The summed E-state index contributed by atoms with van der Waals surface area (Å²) in [6.45, 7) is 3.88. The number of nitrogens with one attached hydrogen (secondary N) is 1. The van der Waals surface area contributed by atoms with Crippen LogP contribution in [0.5, 0.6) is 0 Å². The molecule has 0 fully saturated rings. The van der Waals surface area contributed by atoms with E-state index in [-0.39, 0.29) is 5.91 Å². The van der Waals surface area contributed by atoms with Crippen LogP contribution >= 0.6 is 15.9 Å². The SMILES string of the molecule is Cc1ccc2nc(C)cc(C(=O)Nc3ccc(Br)cn3)c2c1. The Kier molecular flexibility index (Phi) is 3.90. The van der Waals surface area contributed by atoms with Crippen molar-refractivity contribution in [1.29, 1.82) is 0 Å². The van der Waals surface area contributed by atoms with E-state index in [1.165, 1.54) is 0 Å². The Morgan fingerprint density at radius 1 is 1.14 bits per heavy atom. The van der Waals surface area contributed by atoms with Crippen molar-refractivity contribution in [3.8, 4) is 0 Å². The molecule has 0 saturated heterocycles. The van der Waals surface area contributed by atoms with E-state index in [2.05, 4.69) is 31.2 Å². The molecule has 0 aliphatic heterocycles. The highest BCUT2D eigenvalue weighted by Gasteiger charge is 2.13. The van der Waals surface area contributed by atoms with Gasteiger partial charge in [-0.05, 0) is 60.1 Å². The minimum atomic E-state index is -0.184. The van der Waals surface area contributed by atoms with Gasteiger partial charge in [-0.3, -0.25) is 9.78 Å². The Hall–Kier alpha value is -2.27. The zero-order chi connectivity index (χ0) is 15.7. The molecule has 0 aliphatic carbocycles. The lowest BCUT2D eigenvalue weighted by atomic mass is 10.0. The number of hydrogen-bond donors (Lipinski definition) is 1. The number of pyridine rings is 2. The fraction of sp³-hybridized carbons (Fsp3) is 0.118. The first-order valence-corrected chi connectivity index (χ1v) is 7.63. The van der Waals surface area contributed by atoms with Crippen molar-refractivity contribution in [2.24, 2.45) is 0 Å². The number of rotatable bonds is 2. The number of benzene rings is 1. The summed E-state index contributed by atoms with van der Waals surface area (Å²) in [7, 11) is 0. The zero-order valence-corrected chi connectivity index (χ0v) is 13.8. The maximum Gasteiger partial charge on any atom is 0.257 e. The van der Waals surface area contributed by atoms with Crippen LogP contribution in [0.2, 0.25) is 0 Å². The van der Waals surface area contributed by atoms with Crippen molar-refractivity contribution >= 4 is 38.6 Å². The highest BCUT2D eigenvalue weighted by molar-refractivity contribution is 9.10. The minimum Gasteiger partial charge on any atom is -0.307 e. The Balaban J connectivity index is 2.03. The standard InChI is InChI=1S/C17H14BrN3O/c1-10-3-5-15-13(7-10)14(8-11(2)20-15)17(22)21-16-6-4-12(18)9-19-16/h3-9H,1-2H3,(H,19,21,22). The van der Waals surface area contributed by atoms with Gasteiger partial charge in [0.15, 0.2) is 0 Å². The largest absolute Gasteiger partial charge is 0.307 e. The van der Waals surface area contributed by atoms with Gasteiger partial charge in [0.25, 0.3) is 5.91 Å². The Morgan fingerprint density at radius 2 is 1.95 bits per heavy atom. The van der Waals surface area contributed by atoms with Gasteiger partial charge in [-0.25, -0.2) is 4.98 Å². The van der Waals surface area contributed by atoms with Gasteiger partial charge in [-0.15, -0.1) is 0 Å². The molecule has 22 heavy (non-hydrogen) atoms. The molecule has 1 aromatic carbocycles. The lowest BCUT2D eigenvalue weighted by Crippen LogP contribution is -2.14. The Morgan fingerprint density at radius 3 is 2.68 bits per heavy atom. The number of carbonyl (C=O) groups excluding carboxylic acids is 1. The molecule has 5 heteroatoms. The normalized spacial score (nSPS) is 10.7. The van der Waals surface area contributed by atoms with E-state index in [9.17, 15) is 4.79 Å². The van der Waals surface area contributed by atoms with E-state index in [1.54, 1.807) is 18.3 Å². The molecule has 1 amide bonds.